The second-order valence-electron chi connectivity index (χ2n) is 7.21. The summed E-state index contributed by atoms with van der Waals surface area (Å²) in [6, 6.07) is 15.9. The van der Waals surface area contributed by atoms with E-state index in [1.165, 1.54) is 12.1 Å². The van der Waals surface area contributed by atoms with Gasteiger partial charge in [0.1, 0.15) is 5.75 Å². The summed E-state index contributed by atoms with van der Waals surface area (Å²) in [6.45, 7) is 6.62. The fraction of sp³-hybridized carbons (Fsp3) is 0.409. The number of carbonyl (C=O) groups is 1. The van der Waals surface area contributed by atoms with Crippen molar-refractivity contribution in [1.82, 2.24) is 10.0 Å². The van der Waals surface area contributed by atoms with Gasteiger partial charge in [-0.25, -0.2) is 13.1 Å². The van der Waals surface area contributed by atoms with E-state index in [1.54, 1.807) is 12.1 Å². The van der Waals surface area contributed by atoms with Gasteiger partial charge in [-0.1, -0.05) is 44.2 Å². The summed E-state index contributed by atoms with van der Waals surface area (Å²) in [5.74, 6) is 0.843. The second kappa shape index (κ2) is 11.0. The molecule has 0 fully saturated rings. The predicted molar refractivity (Wildman–Crippen MR) is 114 cm³/mol. The Labute approximate surface area is 173 Å². The van der Waals surface area contributed by atoms with Gasteiger partial charge in [0.2, 0.25) is 15.9 Å². The molecule has 0 heterocycles. The molecule has 0 bridgehead atoms. The van der Waals surface area contributed by atoms with Gasteiger partial charge < -0.3 is 10.1 Å². The smallest absolute Gasteiger partial charge is 0.240 e. The van der Waals surface area contributed by atoms with E-state index in [4.69, 9.17) is 4.74 Å². The van der Waals surface area contributed by atoms with Gasteiger partial charge in [-0.3, -0.25) is 4.79 Å². The summed E-state index contributed by atoms with van der Waals surface area (Å²) >= 11 is 0. The Hall–Kier alpha value is -2.38. The van der Waals surface area contributed by atoms with Crippen molar-refractivity contribution in [2.45, 2.75) is 44.6 Å². The molecular formula is C22H30N2O4S. The monoisotopic (exact) mass is 418 g/mol. The van der Waals surface area contributed by atoms with Gasteiger partial charge in [-0.05, 0) is 49.1 Å². The third-order valence-corrected chi connectivity index (χ3v) is 5.81. The Kier molecular flexibility index (Phi) is 8.67. The molecule has 2 rings (SSSR count). The number of carbonyl (C=O) groups excluding carboxylic acids is 1. The molecule has 7 heteroatoms. The Bertz CT molecular complexity index is 865. The summed E-state index contributed by atoms with van der Waals surface area (Å²) in [5, 5.41) is 3.02. The lowest BCUT2D eigenvalue weighted by atomic mass is 9.97. The Morgan fingerprint density at radius 3 is 2.28 bits per heavy atom. The molecule has 2 N–H and O–H groups in total. The topological polar surface area (TPSA) is 84.5 Å². The fourth-order valence-corrected chi connectivity index (χ4v) is 4.00. The third kappa shape index (κ3) is 7.51. The maximum Gasteiger partial charge on any atom is 0.240 e. The van der Waals surface area contributed by atoms with Crippen LogP contribution >= 0.6 is 0 Å². The van der Waals surface area contributed by atoms with Gasteiger partial charge in [0.05, 0.1) is 17.5 Å². The van der Waals surface area contributed by atoms with Gasteiger partial charge in [0.15, 0.2) is 0 Å². The first-order chi connectivity index (χ1) is 13.8. The van der Waals surface area contributed by atoms with Crippen LogP contribution in [0.25, 0.3) is 0 Å². The van der Waals surface area contributed by atoms with Crippen LogP contribution in [0.3, 0.4) is 0 Å². The SMILES string of the molecule is CCOc1ccc(S(=O)(=O)NCCC(=O)N[C@H](CC(C)C)c2ccccc2)cc1. The van der Waals surface area contributed by atoms with E-state index in [-0.39, 0.29) is 29.8 Å². The molecule has 0 saturated carbocycles. The third-order valence-electron chi connectivity index (χ3n) is 4.33. The number of nitrogens with one attached hydrogen (secondary N) is 2. The molecule has 0 unspecified atom stereocenters. The Morgan fingerprint density at radius 2 is 1.69 bits per heavy atom. The van der Waals surface area contributed by atoms with Crippen LogP contribution in [0.1, 0.15) is 45.2 Å². The molecule has 2 aromatic carbocycles. The van der Waals surface area contributed by atoms with Crippen molar-refractivity contribution in [3.63, 3.8) is 0 Å². The zero-order valence-electron chi connectivity index (χ0n) is 17.2. The molecule has 0 aliphatic heterocycles. The fourth-order valence-electron chi connectivity index (χ4n) is 2.97. The van der Waals surface area contributed by atoms with Crippen LogP contribution in [0.4, 0.5) is 0 Å². The molecule has 2 aromatic rings. The highest BCUT2D eigenvalue weighted by Gasteiger charge is 2.18. The van der Waals surface area contributed by atoms with Crippen molar-refractivity contribution in [3.05, 3.63) is 60.2 Å². The highest BCUT2D eigenvalue weighted by atomic mass is 32.2. The normalized spacial score (nSPS) is 12.6. The van der Waals surface area contributed by atoms with Crippen LogP contribution in [0.15, 0.2) is 59.5 Å². The zero-order chi connectivity index (χ0) is 21.3. The lowest BCUT2D eigenvalue weighted by Gasteiger charge is -2.21. The molecule has 0 saturated heterocycles. The summed E-state index contributed by atoms with van der Waals surface area (Å²) in [5.41, 5.74) is 1.05. The second-order valence-corrected chi connectivity index (χ2v) is 8.98. The first kappa shape index (κ1) is 22.9. The molecule has 0 aliphatic rings. The number of rotatable bonds is 11. The van der Waals surface area contributed by atoms with E-state index in [2.05, 4.69) is 23.9 Å². The maximum atomic E-state index is 12.4. The predicted octanol–water partition coefficient (Wildman–Crippen LogP) is 3.66. The highest BCUT2D eigenvalue weighted by Crippen LogP contribution is 2.21. The number of hydrogen-bond donors (Lipinski definition) is 2. The molecule has 158 valence electrons. The maximum absolute atomic E-state index is 12.4. The van der Waals surface area contributed by atoms with Crippen molar-refractivity contribution < 1.29 is 17.9 Å². The summed E-state index contributed by atoms with van der Waals surface area (Å²) in [6.07, 6.45) is 0.880. The number of sulfonamides is 1. The van der Waals surface area contributed by atoms with Gasteiger partial charge >= 0.3 is 0 Å². The molecule has 1 atom stereocenters. The lowest BCUT2D eigenvalue weighted by molar-refractivity contribution is -0.121. The largest absolute Gasteiger partial charge is 0.494 e. The Morgan fingerprint density at radius 1 is 1.03 bits per heavy atom. The van der Waals surface area contributed by atoms with E-state index < -0.39 is 10.0 Å². The lowest BCUT2D eigenvalue weighted by Crippen LogP contribution is -2.33. The molecule has 1 amide bonds. The molecule has 0 radical (unpaired) electrons. The summed E-state index contributed by atoms with van der Waals surface area (Å²) in [7, 11) is -3.67. The molecule has 0 aromatic heterocycles. The molecular weight excluding hydrogens is 388 g/mol. The molecule has 0 aliphatic carbocycles. The van der Waals surface area contributed by atoms with Crippen LogP contribution in [0.5, 0.6) is 5.75 Å². The Balaban J connectivity index is 1.90. The van der Waals surface area contributed by atoms with Gasteiger partial charge in [-0.15, -0.1) is 0 Å². The zero-order valence-corrected chi connectivity index (χ0v) is 18.0. The van der Waals surface area contributed by atoms with Gasteiger partial charge in [-0.2, -0.15) is 0 Å². The summed E-state index contributed by atoms with van der Waals surface area (Å²) < 4.78 is 32.6. The van der Waals surface area contributed by atoms with E-state index in [9.17, 15) is 13.2 Å². The number of hydrogen-bond acceptors (Lipinski definition) is 4. The van der Waals surface area contributed by atoms with Crippen molar-refractivity contribution in [3.8, 4) is 5.75 Å². The molecule has 0 spiro atoms. The number of amides is 1. The van der Waals surface area contributed by atoms with E-state index in [0.29, 0.717) is 18.3 Å². The highest BCUT2D eigenvalue weighted by molar-refractivity contribution is 7.89. The van der Waals surface area contributed by atoms with Crippen LogP contribution in [0, 0.1) is 5.92 Å². The number of ether oxygens (including phenoxy) is 1. The minimum atomic E-state index is -3.67. The number of benzene rings is 2. The van der Waals surface area contributed by atoms with Crippen molar-refractivity contribution in [1.29, 1.82) is 0 Å². The van der Waals surface area contributed by atoms with E-state index >= 15 is 0 Å². The van der Waals surface area contributed by atoms with Crippen LogP contribution < -0.4 is 14.8 Å². The summed E-state index contributed by atoms with van der Waals surface area (Å²) in [4.78, 5) is 12.5. The molecule has 29 heavy (non-hydrogen) atoms. The van der Waals surface area contributed by atoms with Crippen molar-refractivity contribution >= 4 is 15.9 Å². The minimum Gasteiger partial charge on any atom is -0.494 e. The van der Waals surface area contributed by atoms with Crippen molar-refractivity contribution in [2.24, 2.45) is 5.92 Å². The van der Waals surface area contributed by atoms with Crippen LogP contribution in [-0.4, -0.2) is 27.5 Å². The van der Waals surface area contributed by atoms with Crippen molar-refractivity contribution in [2.75, 3.05) is 13.2 Å². The first-order valence-corrected chi connectivity index (χ1v) is 11.4. The van der Waals surface area contributed by atoms with E-state index in [0.717, 1.165) is 12.0 Å². The minimum absolute atomic E-state index is 0.0323. The van der Waals surface area contributed by atoms with Gasteiger partial charge in [0, 0.05) is 13.0 Å². The average molecular weight is 419 g/mol. The standard InChI is InChI=1S/C22H30N2O4S/c1-4-28-19-10-12-20(13-11-19)29(26,27)23-15-14-22(25)24-21(16-17(2)3)18-8-6-5-7-9-18/h5-13,17,21,23H,4,14-16H2,1-3H3,(H,24,25)/t21-/m1/s1. The van der Waals surface area contributed by atoms with Crippen LogP contribution in [-0.2, 0) is 14.8 Å². The van der Waals surface area contributed by atoms with E-state index in [1.807, 2.05) is 37.3 Å². The van der Waals surface area contributed by atoms with Crippen LogP contribution in [0.2, 0.25) is 0 Å². The first-order valence-electron chi connectivity index (χ1n) is 9.88. The molecule has 6 nitrogen and oxygen atoms in total. The van der Waals surface area contributed by atoms with Gasteiger partial charge in [0.25, 0.3) is 0 Å². The average Bonchev–Trinajstić information content (AvgIpc) is 2.68. The quantitative estimate of drug-likeness (QED) is 0.583.